The van der Waals surface area contributed by atoms with Gasteiger partial charge in [0, 0.05) is 12.0 Å². The third-order valence-corrected chi connectivity index (χ3v) is 3.78. The van der Waals surface area contributed by atoms with Gasteiger partial charge in [-0.25, -0.2) is 9.97 Å². The lowest BCUT2D eigenvalue weighted by atomic mass is 10.1. The first kappa shape index (κ1) is 17.5. The fourth-order valence-electron chi connectivity index (χ4n) is 1.82. The van der Waals surface area contributed by atoms with Gasteiger partial charge in [0.1, 0.15) is 11.6 Å². The summed E-state index contributed by atoms with van der Waals surface area (Å²) in [7, 11) is 0. The fraction of sp³-hybridized carbons (Fsp3) is 0.357. The third-order valence-electron chi connectivity index (χ3n) is 2.80. The van der Waals surface area contributed by atoms with E-state index in [4.69, 9.17) is 9.84 Å². The number of hydrogen-bond acceptors (Lipinski definition) is 5. The smallest absolute Gasteiger partial charge is 0.416 e. The molecule has 124 valence electrons. The Morgan fingerprint density at radius 3 is 2.70 bits per heavy atom. The molecule has 2 rings (SSSR count). The van der Waals surface area contributed by atoms with Crippen molar-refractivity contribution in [1.82, 2.24) is 9.97 Å². The summed E-state index contributed by atoms with van der Waals surface area (Å²) >= 11 is 0.851. The minimum absolute atomic E-state index is 0.105. The number of aliphatic carboxylic acids is 1. The molecule has 0 bridgehead atoms. The lowest BCUT2D eigenvalue weighted by Gasteiger charge is -2.11. The summed E-state index contributed by atoms with van der Waals surface area (Å²) in [6, 6.07) is 3.12. The van der Waals surface area contributed by atoms with E-state index in [0.717, 1.165) is 23.9 Å². The topological polar surface area (TPSA) is 72.3 Å². The van der Waals surface area contributed by atoms with Crippen LogP contribution < -0.4 is 0 Å². The third kappa shape index (κ3) is 4.55. The predicted octanol–water partition coefficient (Wildman–Crippen LogP) is 3.36. The van der Waals surface area contributed by atoms with Gasteiger partial charge in [0.25, 0.3) is 0 Å². The van der Waals surface area contributed by atoms with E-state index in [1.807, 2.05) is 0 Å². The van der Waals surface area contributed by atoms with Crippen LogP contribution in [-0.4, -0.2) is 33.4 Å². The predicted molar refractivity (Wildman–Crippen MR) is 78.2 cm³/mol. The number of nitrogens with zero attached hydrogens (tertiary/aromatic N) is 2. The monoisotopic (exact) mass is 346 g/mol. The van der Waals surface area contributed by atoms with Gasteiger partial charge in [0.15, 0.2) is 5.82 Å². The summed E-state index contributed by atoms with van der Waals surface area (Å²) < 4.78 is 43.7. The molecule has 1 N–H and O–H groups in total. The second-order valence-electron chi connectivity index (χ2n) is 4.49. The maximum absolute atomic E-state index is 12.8. The number of aromatic nitrogens is 2. The Labute approximate surface area is 133 Å². The van der Waals surface area contributed by atoms with Crippen LogP contribution in [0.5, 0.6) is 0 Å². The Balaban J connectivity index is 2.51. The molecule has 9 heteroatoms. The van der Waals surface area contributed by atoms with E-state index >= 15 is 0 Å². The van der Waals surface area contributed by atoms with Gasteiger partial charge in [-0.15, -0.1) is 0 Å². The minimum Gasteiger partial charge on any atom is -0.481 e. The van der Waals surface area contributed by atoms with E-state index in [0.29, 0.717) is 17.9 Å². The molecule has 2 aromatic rings. The number of benzene rings is 1. The average Bonchev–Trinajstić information content (AvgIpc) is 2.49. The number of halogens is 3. The highest BCUT2D eigenvalue weighted by molar-refractivity contribution is 8.00. The first-order valence-electron chi connectivity index (χ1n) is 6.61. The standard InChI is InChI=1S/C14H13F3N2O3S/c1-2-22-6-11-18-10-4-3-8(14(15,16)17)5-9(10)13(19-11)23-7-12(20)21/h3-5H,2,6-7H2,1H3,(H,20,21). The number of carbonyl (C=O) groups is 1. The van der Waals surface area contributed by atoms with Crippen molar-refractivity contribution in [3.8, 4) is 0 Å². The van der Waals surface area contributed by atoms with E-state index in [1.54, 1.807) is 6.92 Å². The molecule has 0 aliphatic rings. The van der Waals surface area contributed by atoms with Crippen LogP contribution in [0.25, 0.3) is 10.9 Å². The van der Waals surface area contributed by atoms with E-state index in [1.165, 1.54) is 6.07 Å². The first-order valence-corrected chi connectivity index (χ1v) is 7.60. The van der Waals surface area contributed by atoms with E-state index in [2.05, 4.69) is 9.97 Å². The largest absolute Gasteiger partial charge is 0.481 e. The van der Waals surface area contributed by atoms with Gasteiger partial charge >= 0.3 is 12.1 Å². The van der Waals surface area contributed by atoms with Gasteiger partial charge in [-0.1, -0.05) is 11.8 Å². The summed E-state index contributed by atoms with van der Waals surface area (Å²) in [5, 5.41) is 9.14. The van der Waals surface area contributed by atoms with Crippen molar-refractivity contribution in [2.45, 2.75) is 24.7 Å². The lowest BCUT2D eigenvalue weighted by molar-refractivity contribution is -0.137. The van der Waals surface area contributed by atoms with Crippen LogP contribution in [0.1, 0.15) is 18.3 Å². The average molecular weight is 346 g/mol. The molecule has 0 saturated heterocycles. The summed E-state index contributed by atoms with van der Waals surface area (Å²) in [5.74, 6) is -1.09. The highest BCUT2D eigenvalue weighted by Crippen LogP contribution is 2.33. The van der Waals surface area contributed by atoms with Crippen molar-refractivity contribution >= 4 is 28.6 Å². The summed E-state index contributed by atoms with van der Waals surface area (Å²) in [4.78, 5) is 19.0. The number of thioether (sulfide) groups is 1. The van der Waals surface area contributed by atoms with Gasteiger partial charge in [-0.2, -0.15) is 13.2 Å². The van der Waals surface area contributed by atoms with Crippen molar-refractivity contribution in [2.24, 2.45) is 0 Å². The summed E-state index contributed by atoms with van der Waals surface area (Å²) in [5.41, 5.74) is -0.515. The zero-order chi connectivity index (χ0) is 17.0. The van der Waals surface area contributed by atoms with Gasteiger partial charge in [-0.05, 0) is 25.1 Å². The van der Waals surface area contributed by atoms with Crippen LogP contribution >= 0.6 is 11.8 Å². The Kier molecular flexibility index (Phi) is 5.42. The molecule has 1 heterocycles. The van der Waals surface area contributed by atoms with Crippen molar-refractivity contribution in [2.75, 3.05) is 12.4 Å². The zero-order valence-corrected chi connectivity index (χ0v) is 12.9. The van der Waals surface area contributed by atoms with Gasteiger partial charge in [0.2, 0.25) is 0 Å². The fourth-order valence-corrected chi connectivity index (χ4v) is 2.57. The SMILES string of the molecule is CCOCc1nc(SCC(=O)O)c2cc(C(F)(F)F)ccc2n1. The molecule has 0 saturated carbocycles. The molecule has 1 aromatic carbocycles. The first-order chi connectivity index (χ1) is 10.8. The number of ether oxygens (including phenoxy) is 1. The van der Waals surface area contributed by atoms with Gasteiger partial charge in [0.05, 0.1) is 16.8 Å². The molecule has 0 aliphatic carbocycles. The Bertz CT molecular complexity index is 722. The maximum atomic E-state index is 12.8. The van der Waals surface area contributed by atoms with Crippen LogP contribution in [0.15, 0.2) is 23.2 Å². The number of rotatable bonds is 6. The van der Waals surface area contributed by atoms with E-state index < -0.39 is 17.7 Å². The minimum atomic E-state index is -4.49. The Hall–Kier alpha value is -1.87. The Morgan fingerprint density at radius 1 is 1.35 bits per heavy atom. The second-order valence-corrected chi connectivity index (χ2v) is 5.46. The van der Waals surface area contributed by atoms with Crippen LogP contribution in [0.4, 0.5) is 13.2 Å². The molecular weight excluding hydrogens is 333 g/mol. The molecule has 0 spiro atoms. The molecule has 0 atom stereocenters. The molecular formula is C14H13F3N2O3S. The van der Waals surface area contributed by atoms with Crippen LogP contribution in [0.2, 0.25) is 0 Å². The molecule has 0 radical (unpaired) electrons. The second kappa shape index (κ2) is 7.14. The summed E-state index contributed by atoms with van der Waals surface area (Å²) in [6.45, 7) is 2.33. The van der Waals surface area contributed by atoms with Crippen molar-refractivity contribution in [3.05, 3.63) is 29.6 Å². The van der Waals surface area contributed by atoms with Gasteiger partial charge < -0.3 is 9.84 Å². The molecule has 5 nitrogen and oxygen atoms in total. The number of carboxylic acids is 1. The highest BCUT2D eigenvalue weighted by atomic mass is 32.2. The summed E-state index contributed by atoms with van der Waals surface area (Å²) in [6.07, 6.45) is -4.49. The Morgan fingerprint density at radius 2 is 2.09 bits per heavy atom. The molecule has 0 unspecified atom stereocenters. The molecule has 23 heavy (non-hydrogen) atoms. The number of hydrogen-bond donors (Lipinski definition) is 1. The quantitative estimate of drug-likeness (QED) is 0.639. The number of carboxylic acid groups (broad SMARTS) is 1. The highest BCUT2D eigenvalue weighted by Gasteiger charge is 2.31. The molecule has 1 aromatic heterocycles. The normalized spacial score (nSPS) is 11.8. The zero-order valence-electron chi connectivity index (χ0n) is 12.1. The lowest BCUT2D eigenvalue weighted by Crippen LogP contribution is -2.07. The van der Waals surface area contributed by atoms with Gasteiger partial charge in [-0.3, -0.25) is 4.79 Å². The van der Waals surface area contributed by atoms with Crippen LogP contribution in [-0.2, 0) is 22.3 Å². The maximum Gasteiger partial charge on any atom is 0.416 e. The number of alkyl halides is 3. The van der Waals surface area contributed by atoms with Crippen molar-refractivity contribution < 1.29 is 27.8 Å². The van der Waals surface area contributed by atoms with E-state index in [-0.39, 0.29) is 22.8 Å². The van der Waals surface area contributed by atoms with Crippen LogP contribution in [0, 0.1) is 0 Å². The van der Waals surface area contributed by atoms with Crippen LogP contribution in [0.3, 0.4) is 0 Å². The molecule has 0 amide bonds. The van der Waals surface area contributed by atoms with E-state index in [9.17, 15) is 18.0 Å². The van der Waals surface area contributed by atoms with Crippen molar-refractivity contribution in [1.29, 1.82) is 0 Å². The number of fused-ring (bicyclic) bond motifs is 1. The molecule has 0 aliphatic heterocycles. The van der Waals surface area contributed by atoms with Crippen molar-refractivity contribution in [3.63, 3.8) is 0 Å². The molecule has 0 fully saturated rings.